The standard InChI is InChI=1S/C7H13N5OS/c1-4-10-6(12-11-4)14-3-7(2,9)5(8)13/h3,9H2,1-2H3,(H2,8,13)(H,10,11,12). The Morgan fingerprint density at radius 1 is 1.71 bits per heavy atom. The van der Waals surface area contributed by atoms with Gasteiger partial charge in [-0.25, -0.2) is 4.98 Å². The molecule has 0 aliphatic carbocycles. The lowest BCUT2D eigenvalue weighted by Gasteiger charge is -2.18. The summed E-state index contributed by atoms with van der Waals surface area (Å²) in [5.74, 6) is 0.558. The average Bonchev–Trinajstić information content (AvgIpc) is 2.48. The molecule has 6 nitrogen and oxygen atoms in total. The number of hydrogen-bond acceptors (Lipinski definition) is 5. The van der Waals surface area contributed by atoms with E-state index in [2.05, 4.69) is 15.2 Å². The number of nitrogens with two attached hydrogens (primary N) is 2. The summed E-state index contributed by atoms with van der Waals surface area (Å²) in [7, 11) is 0. The van der Waals surface area contributed by atoms with Gasteiger partial charge in [0.2, 0.25) is 11.1 Å². The molecule has 0 fully saturated rings. The molecule has 0 aliphatic rings. The molecule has 78 valence electrons. The highest BCUT2D eigenvalue weighted by Gasteiger charge is 2.26. The van der Waals surface area contributed by atoms with Crippen molar-refractivity contribution in [2.45, 2.75) is 24.5 Å². The number of carbonyl (C=O) groups is 1. The summed E-state index contributed by atoms with van der Waals surface area (Å²) in [4.78, 5) is 14.9. The normalized spacial score (nSPS) is 15.1. The van der Waals surface area contributed by atoms with Crippen LogP contribution < -0.4 is 11.5 Å². The van der Waals surface area contributed by atoms with Gasteiger partial charge in [0.25, 0.3) is 0 Å². The number of rotatable bonds is 4. The van der Waals surface area contributed by atoms with Crippen LogP contribution in [0.15, 0.2) is 5.16 Å². The molecule has 0 spiro atoms. The van der Waals surface area contributed by atoms with Crippen molar-refractivity contribution in [2.75, 3.05) is 5.75 Å². The third kappa shape index (κ3) is 2.71. The third-order valence-electron chi connectivity index (χ3n) is 1.64. The highest BCUT2D eigenvalue weighted by atomic mass is 32.2. The largest absolute Gasteiger partial charge is 0.368 e. The van der Waals surface area contributed by atoms with E-state index in [0.717, 1.165) is 5.82 Å². The number of H-pyrrole nitrogens is 1. The Balaban J connectivity index is 2.52. The maximum absolute atomic E-state index is 10.9. The maximum Gasteiger partial charge on any atom is 0.238 e. The molecule has 0 radical (unpaired) electrons. The maximum atomic E-state index is 10.9. The van der Waals surface area contributed by atoms with Crippen LogP contribution in [0, 0.1) is 6.92 Å². The van der Waals surface area contributed by atoms with E-state index in [0.29, 0.717) is 10.9 Å². The molecule has 7 heteroatoms. The van der Waals surface area contributed by atoms with Crippen molar-refractivity contribution in [1.82, 2.24) is 15.2 Å². The van der Waals surface area contributed by atoms with Gasteiger partial charge in [0.05, 0.1) is 0 Å². The Morgan fingerprint density at radius 3 is 2.79 bits per heavy atom. The van der Waals surface area contributed by atoms with Crippen LogP contribution in [0.2, 0.25) is 0 Å². The summed E-state index contributed by atoms with van der Waals surface area (Å²) in [5, 5.41) is 7.16. The number of aryl methyl sites for hydroxylation is 1. The van der Waals surface area contributed by atoms with Crippen LogP contribution in [-0.4, -0.2) is 32.4 Å². The Hall–Kier alpha value is -1.08. The fourth-order valence-corrected chi connectivity index (χ4v) is 1.56. The fourth-order valence-electron chi connectivity index (χ4n) is 0.672. The highest BCUT2D eigenvalue weighted by molar-refractivity contribution is 7.99. The molecule has 1 aromatic heterocycles. The molecular formula is C7H13N5OS. The Bertz CT molecular complexity index is 335. The van der Waals surface area contributed by atoms with Crippen LogP contribution in [0.5, 0.6) is 0 Å². The molecule has 0 aliphatic heterocycles. The van der Waals surface area contributed by atoms with Crippen LogP contribution in [0.3, 0.4) is 0 Å². The first-order chi connectivity index (χ1) is 6.42. The summed E-state index contributed by atoms with van der Waals surface area (Å²) < 4.78 is 0. The van der Waals surface area contributed by atoms with Crippen LogP contribution in [-0.2, 0) is 4.79 Å². The second-order valence-corrected chi connectivity index (χ2v) is 4.22. The quantitative estimate of drug-likeness (QED) is 0.581. The van der Waals surface area contributed by atoms with Crippen LogP contribution >= 0.6 is 11.8 Å². The van der Waals surface area contributed by atoms with Gasteiger partial charge in [-0.05, 0) is 13.8 Å². The van der Waals surface area contributed by atoms with E-state index in [4.69, 9.17) is 11.5 Å². The minimum Gasteiger partial charge on any atom is -0.368 e. The van der Waals surface area contributed by atoms with E-state index in [9.17, 15) is 4.79 Å². The lowest BCUT2D eigenvalue weighted by molar-refractivity contribution is -0.121. The zero-order chi connectivity index (χ0) is 10.8. The monoisotopic (exact) mass is 215 g/mol. The summed E-state index contributed by atoms with van der Waals surface area (Å²) in [6.07, 6.45) is 0. The molecule has 1 atom stereocenters. The lowest BCUT2D eigenvalue weighted by atomic mass is 10.1. The minimum atomic E-state index is -1.03. The van der Waals surface area contributed by atoms with E-state index < -0.39 is 11.4 Å². The van der Waals surface area contributed by atoms with Gasteiger partial charge in [0.1, 0.15) is 11.4 Å². The summed E-state index contributed by atoms with van der Waals surface area (Å²) in [6.45, 7) is 3.38. The summed E-state index contributed by atoms with van der Waals surface area (Å²) in [5.41, 5.74) is 9.74. The van der Waals surface area contributed by atoms with Crippen molar-refractivity contribution in [1.29, 1.82) is 0 Å². The van der Waals surface area contributed by atoms with E-state index in [1.54, 1.807) is 13.8 Å². The molecule has 0 saturated carbocycles. The smallest absolute Gasteiger partial charge is 0.238 e. The molecule has 1 aromatic rings. The Labute approximate surface area is 85.8 Å². The SMILES string of the molecule is Cc1nc(SCC(C)(N)C(N)=O)n[nH]1. The molecule has 1 unspecified atom stereocenters. The molecule has 1 amide bonds. The van der Waals surface area contributed by atoms with Gasteiger partial charge < -0.3 is 11.5 Å². The van der Waals surface area contributed by atoms with Crippen molar-refractivity contribution in [2.24, 2.45) is 11.5 Å². The molecule has 5 N–H and O–H groups in total. The predicted molar refractivity (Wildman–Crippen MR) is 53.6 cm³/mol. The number of nitrogens with one attached hydrogen (secondary N) is 1. The molecule has 1 heterocycles. The number of amides is 1. The molecular weight excluding hydrogens is 202 g/mol. The molecule has 0 bridgehead atoms. The molecule has 1 rings (SSSR count). The van der Waals surface area contributed by atoms with Crippen molar-refractivity contribution < 1.29 is 4.79 Å². The van der Waals surface area contributed by atoms with Gasteiger partial charge in [0.15, 0.2) is 0 Å². The topological polar surface area (TPSA) is 111 Å². The van der Waals surface area contributed by atoms with Gasteiger partial charge in [0, 0.05) is 5.75 Å². The second kappa shape index (κ2) is 3.97. The first-order valence-corrected chi connectivity index (χ1v) is 5.01. The molecule has 0 saturated heterocycles. The number of primary amides is 1. The lowest BCUT2D eigenvalue weighted by Crippen LogP contribution is -2.51. The van der Waals surface area contributed by atoms with Crippen molar-refractivity contribution in [3.05, 3.63) is 5.82 Å². The summed E-state index contributed by atoms with van der Waals surface area (Å²) in [6, 6.07) is 0. The first-order valence-electron chi connectivity index (χ1n) is 4.02. The highest BCUT2D eigenvalue weighted by Crippen LogP contribution is 2.17. The van der Waals surface area contributed by atoms with Crippen molar-refractivity contribution in [3.8, 4) is 0 Å². The van der Waals surface area contributed by atoms with Gasteiger partial charge >= 0.3 is 0 Å². The number of aromatic amines is 1. The van der Waals surface area contributed by atoms with E-state index in [-0.39, 0.29) is 0 Å². The molecule has 0 aromatic carbocycles. The van der Waals surface area contributed by atoms with Crippen LogP contribution in [0.1, 0.15) is 12.7 Å². The van der Waals surface area contributed by atoms with Crippen LogP contribution in [0.4, 0.5) is 0 Å². The minimum absolute atomic E-state index is 0.361. The average molecular weight is 215 g/mol. The van der Waals surface area contributed by atoms with Crippen LogP contribution in [0.25, 0.3) is 0 Å². The third-order valence-corrected chi connectivity index (χ3v) is 2.83. The van der Waals surface area contributed by atoms with Crippen molar-refractivity contribution >= 4 is 17.7 Å². The predicted octanol–water partition coefficient (Wildman–Crippen LogP) is -0.592. The second-order valence-electron chi connectivity index (χ2n) is 3.27. The first kappa shape index (κ1) is 11.0. The molecule has 14 heavy (non-hydrogen) atoms. The number of aromatic nitrogens is 3. The van der Waals surface area contributed by atoms with E-state index in [1.165, 1.54) is 11.8 Å². The summed E-state index contributed by atoms with van der Waals surface area (Å²) >= 11 is 1.30. The van der Waals surface area contributed by atoms with Gasteiger partial charge in [-0.3, -0.25) is 9.89 Å². The zero-order valence-corrected chi connectivity index (χ0v) is 8.89. The fraction of sp³-hybridized carbons (Fsp3) is 0.571. The number of nitrogens with zero attached hydrogens (tertiary/aromatic N) is 2. The van der Waals surface area contributed by atoms with Gasteiger partial charge in [-0.2, -0.15) is 0 Å². The number of hydrogen-bond donors (Lipinski definition) is 3. The van der Waals surface area contributed by atoms with Gasteiger partial charge in [-0.1, -0.05) is 11.8 Å². The number of thioether (sulfide) groups is 1. The Morgan fingerprint density at radius 2 is 2.36 bits per heavy atom. The zero-order valence-electron chi connectivity index (χ0n) is 8.07. The van der Waals surface area contributed by atoms with Crippen molar-refractivity contribution in [3.63, 3.8) is 0 Å². The number of carbonyl (C=O) groups excluding carboxylic acids is 1. The Kier molecular flexibility index (Phi) is 3.12. The van der Waals surface area contributed by atoms with E-state index in [1.807, 2.05) is 0 Å². The van der Waals surface area contributed by atoms with E-state index >= 15 is 0 Å². The van der Waals surface area contributed by atoms with Gasteiger partial charge in [-0.15, -0.1) is 5.10 Å².